The Balaban J connectivity index is 2.13. The lowest BCUT2D eigenvalue weighted by Gasteiger charge is -2.18. The van der Waals surface area contributed by atoms with Crippen molar-refractivity contribution in [3.8, 4) is 0 Å². The number of benzene rings is 2. The highest BCUT2D eigenvalue weighted by molar-refractivity contribution is 5.96. The van der Waals surface area contributed by atoms with Crippen LogP contribution in [0.1, 0.15) is 22.8 Å². The average molecular weight is 300 g/mol. The van der Waals surface area contributed by atoms with Crippen LogP contribution in [0, 0.1) is 5.82 Å². The Morgan fingerprint density at radius 3 is 2.55 bits per heavy atom. The van der Waals surface area contributed by atoms with E-state index in [2.05, 4.69) is 5.32 Å². The van der Waals surface area contributed by atoms with E-state index < -0.39 is 0 Å². The average Bonchev–Trinajstić information content (AvgIpc) is 2.48. The first-order valence-electron chi connectivity index (χ1n) is 6.84. The standard InChI is InChI=1S/C17H17FN2O2/c1-12(21)19-15-8-5-7-13(10-15)17(22)20(2)11-14-6-3-4-9-16(14)18/h3-10H,11H2,1-2H3,(H,19,21). The minimum Gasteiger partial charge on any atom is -0.337 e. The fraction of sp³-hybridized carbons (Fsp3) is 0.176. The second kappa shape index (κ2) is 6.85. The van der Waals surface area contributed by atoms with E-state index in [1.165, 1.54) is 17.9 Å². The van der Waals surface area contributed by atoms with E-state index in [0.717, 1.165) is 0 Å². The topological polar surface area (TPSA) is 49.4 Å². The lowest BCUT2D eigenvalue weighted by Crippen LogP contribution is -2.26. The molecule has 2 rings (SSSR count). The van der Waals surface area contributed by atoms with Gasteiger partial charge in [0.2, 0.25) is 5.91 Å². The number of anilines is 1. The van der Waals surface area contributed by atoms with E-state index in [0.29, 0.717) is 16.8 Å². The fourth-order valence-electron chi connectivity index (χ4n) is 2.11. The summed E-state index contributed by atoms with van der Waals surface area (Å²) in [7, 11) is 1.61. The molecule has 0 heterocycles. The second-order valence-electron chi connectivity index (χ2n) is 5.01. The first-order chi connectivity index (χ1) is 10.5. The lowest BCUT2D eigenvalue weighted by molar-refractivity contribution is -0.114. The Labute approximate surface area is 128 Å². The van der Waals surface area contributed by atoms with Crippen LogP contribution in [0.5, 0.6) is 0 Å². The number of rotatable bonds is 4. The van der Waals surface area contributed by atoms with Gasteiger partial charge in [0.15, 0.2) is 0 Å². The first-order valence-corrected chi connectivity index (χ1v) is 6.84. The van der Waals surface area contributed by atoms with Gasteiger partial charge in [-0.1, -0.05) is 24.3 Å². The van der Waals surface area contributed by atoms with E-state index in [1.807, 2.05) is 0 Å². The predicted molar refractivity (Wildman–Crippen MR) is 82.9 cm³/mol. The molecule has 2 aromatic rings. The summed E-state index contributed by atoms with van der Waals surface area (Å²) in [6, 6.07) is 13.0. The van der Waals surface area contributed by atoms with Crippen molar-refractivity contribution >= 4 is 17.5 Å². The molecule has 0 aliphatic heterocycles. The van der Waals surface area contributed by atoms with E-state index >= 15 is 0 Å². The maximum Gasteiger partial charge on any atom is 0.253 e. The highest BCUT2D eigenvalue weighted by Gasteiger charge is 2.14. The molecule has 114 valence electrons. The van der Waals surface area contributed by atoms with Gasteiger partial charge in [0.1, 0.15) is 5.82 Å². The molecule has 0 aromatic heterocycles. The van der Waals surface area contributed by atoms with E-state index in [4.69, 9.17) is 0 Å². The van der Waals surface area contributed by atoms with E-state index in [1.54, 1.807) is 49.5 Å². The smallest absolute Gasteiger partial charge is 0.253 e. The highest BCUT2D eigenvalue weighted by Crippen LogP contribution is 2.15. The van der Waals surface area contributed by atoms with Gasteiger partial charge in [0, 0.05) is 37.3 Å². The molecule has 22 heavy (non-hydrogen) atoms. The molecule has 0 aliphatic carbocycles. The molecule has 2 aromatic carbocycles. The summed E-state index contributed by atoms with van der Waals surface area (Å²) in [4.78, 5) is 24.9. The number of nitrogens with one attached hydrogen (secondary N) is 1. The molecule has 5 heteroatoms. The molecule has 0 atom stereocenters. The van der Waals surface area contributed by atoms with Crippen LogP contribution >= 0.6 is 0 Å². The summed E-state index contributed by atoms with van der Waals surface area (Å²) in [5.74, 6) is -0.783. The van der Waals surface area contributed by atoms with Gasteiger partial charge in [-0.05, 0) is 24.3 Å². The maximum atomic E-state index is 13.6. The third kappa shape index (κ3) is 3.91. The Morgan fingerprint density at radius 2 is 1.86 bits per heavy atom. The zero-order valence-corrected chi connectivity index (χ0v) is 12.5. The summed E-state index contributed by atoms with van der Waals surface area (Å²) >= 11 is 0. The molecule has 0 spiro atoms. The van der Waals surface area contributed by atoms with Crippen LogP contribution in [-0.2, 0) is 11.3 Å². The molecule has 0 radical (unpaired) electrons. The zero-order valence-electron chi connectivity index (χ0n) is 12.5. The maximum absolute atomic E-state index is 13.6. The minimum atomic E-state index is -0.339. The van der Waals surface area contributed by atoms with Gasteiger partial charge in [-0.25, -0.2) is 4.39 Å². The van der Waals surface area contributed by atoms with Crippen molar-refractivity contribution in [2.75, 3.05) is 12.4 Å². The van der Waals surface area contributed by atoms with Crippen molar-refractivity contribution in [3.05, 3.63) is 65.5 Å². The van der Waals surface area contributed by atoms with Crippen molar-refractivity contribution in [2.24, 2.45) is 0 Å². The van der Waals surface area contributed by atoms with Gasteiger partial charge in [-0.3, -0.25) is 9.59 Å². The van der Waals surface area contributed by atoms with Crippen LogP contribution in [0.4, 0.5) is 10.1 Å². The second-order valence-corrected chi connectivity index (χ2v) is 5.01. The van der Waals surface area contributed by atoms with Crippen molar-refractivity contribution in [3.63, 3.8) is 0 Å². The van der Waals surface area contributed by atoms with Gasteiger partial charge in [0.05, 0.1) is 0 Å². The Bertz CT molecular complexity index is 701. The Kier molecular flexibility index (Phi) is 4.88. The monoisotopic (exact) mass is 300 g/mol. The number of hydrogen-bond acceptors (Lipinski definition) is 2. The summed E-state index contributed by atoms with van der Waals surface area (Å²) < 4.78 is 13.6. The Hall–Kier alpha value is -2.69. The van der Waals surface area contributed by atoms with Gasteiger partial charge < -0.3 is 10.2 Å². The third-order valence-electron chi connectivity index (χ3n) is 3.14. The number of hydrogen-bond donors (Lipinski definition) is 1. The molecule has 2 amide bonds. The summed E-state index contributed by atoms with van der Waals surface area (Å²) in [6.07, 6.45) is 0. The van der Waals surface area contributed by atoms with Gasteiger partial charge in [0.25, 0.3) is 5.91 Å². The molecule has 0 bridgehead atoms. The number of carbonyl (C=O) groups is 2. The van der Waals surface area contributed by atoms with Crippen molar-refractivity contribution in [1.82, 2.24) is 4.90 Å². The van der Waals surface area contributed by atoms with Crippen LogP contribution in [-0.4, -0.2) is 23.8 Å². The highest BCUT2D eigenvalue weighted by atomic mass is 19.1. The summed E-state index contributed by atoms with van der Waals surface area (Å²) in [5.41, 5.74) is 1.44. The number of halogens is 1. The van der Waals surface area contributed by atoms with Crippen molar-refractivity contribution < 1.29 is 14.0 Å². The molecule has 0 saturated heterocycles. The van der Waals surface area contributed by atoms with Crippen LogP contribution < -0.4 is 5.32 Å². The lowest BCUT2D eigenvalue weighted by atomic mass is 10.1. The minimum absolute atomic E-state index is 0.176. The van der Waals surface area contributed by atoms with Crippen molar-refractivity contribution in [2.45, 2.75) is 13.5 Å². The molecule has 0 unspecified atom stereocenters. The van der Waals surface area contributed by atoms with Crippen LogP contribution in [0.15, 0.2) is 48.5 Å². The largest absolute Gasteiger partial charge is 0.337 e. The zero-order chi connectivity index (χ0) is 16.1. The predicted octanol–water partition coefficient (Wildman–Crippen LogP) is 3.06. The van der Waals surface area contributed by atoms with Crippen LogP contribution in [0.25, 0.3) is 0 Å². The number of amides is 2. The van der Waals surface area contributed by atoms with Crippen molar-refractivity contribution in [1.29, 1.82) is 0 Å². The molecule has 0 aliphatic rings. The van der Waals surface area contributed by atoms with Gasteiger partial charge in [-0.2, -0.15) is 0 Å². The Morgan fingerprint density at radius 1 is 1.14 bits per heavy atom. The molecular weight excluding hydrogens is 283 g/mol. The van der Waals surface area contributed by atoms with Gasteiger partial charge >= 0.3 is 0 Å². The van der Waals surface area contributed by atoms with E-state index in [-0.39, 0.29) is 24.2 Å². The molecular formula is C17H17FN2O2. The molecule has 0 saturated carbocycles. The molecule has 4 nitrogen and oxygen atoms in total. The van der Waals surface area contributed by atoms with Crippen LogP contribution in [0.2, 0.25) is 0 Å². The summed E-state index contributed by atoms with van der Waals surface area (Å²) in [5, 5.41) is 2.63. The summed E-state index contributed by atoms with van der Waals surface area (Å²) in [6.45, 7) is 1.58. The third-order valence-corrected chi connectivity index (χ3v) is 3.14. The quantitative estimate of drug-likeness (QED) is 0.943. The fourth-order valence-corrected chi connectivity index (χ4v) is 2.11. The first kappa shape index (κ1) is 15.7. The SMILES string of the molecule is CC(=O)Nc1cccc(C(=O)N(C)Cc2ccccc2F)c1. The normalized spacial score (nSPS) is 10.1. The number of carbonyl (C=O) groups excluding carboxylic acids is 2. The van der Waals surface area contributed by atoms with E-state index in [9.17, 15) is 14.0 Å². The molecule has 0 fully saturated rings. The molecule has 1 N–H and O–H groups in total. The van der Waals surface area contributed by atoms with Crippen LogP contribution in [0.3, 0.4) is 0 Å². The van der Waals surface area contributed by atoms with Gasteiger partial charge in [-0.15, -0.1) is 0 Å². The number of nitrogens with zero attached hydrogens (tertiary/aromatic N) is 1.